The maximum absolute atomic E-state index is 5.96. The van der Waals surface area contributed by atoms with Gasteiger partial charge in [-0.05, 0) is 30.7 Å². The van der Waals surface area contributed by atoms with Gasteiger partial charge in [-0.25, -0.2) is 0 Å². The van der Waals surface area contributed by atoms with Crippen LogP contribution < -0.4 is 4.90 Å². The van der Waals surface area contributed by atoms with Gasteiger partial charge in [0.2, 0.25) is 0 Å². The Labute approximate surface area is 118 Å². The summed E-state index contributed by atoms with van der Waals surface area (Å²) in [5.41, 5.74) is 2.31. The van der Waals surface area contributed by atoms with Gasteiger partial charge in [0.1, 0.15) is 5.84 Å². The molecule has 2 aromatic rings. The Kier molecular flexibility index (Phi) is 3.51. The van der Waals surface area contributed by atoms with E-state index in [0.29, 0.717) is 0 Å². The fourth-order valence-electron chi connectivity index (χ4n) is 2.31. The maximum atomic E-state index is 5.96. The van der Waals surface area contributed by atoms with E-state index in [-0.39, 0.29) is 0 Å². The number of benzene rings is 2. The Balaban J connectivity index is 1.97. The Morgan fingerprint density at radius 3 is 2.42 bits per heavy atom. The quantitative estimate of drug-likeness (QED) is 0.805. The largest absolute Gasteiger partial charge is 0.326 e. The Bertz CT molecular complexity index is 575. The van der Waals surface area contributed by atoms with Gasteiger partial charge in [-0.1, -0.05) is 41.9 Å². The minimum Gasteiger partial charge on any atom is -0.326 e. The maximum Gasteiger partial charge on any atom is 0.135 e. The number of nitrogens with zero attached hydrogens (tertiary/aromatic N) is 2. The van der Waals surface area contributed by atoms with Crippen molar-refractivity contribution in [2.24, 2.45) is 4.99 Å². The van der Waals surface area contributed by atoms with Crippen LogP contribution >= 0.6 is 11.6 Å². The van der Waals surface area contributed by atoms with E-state index in [1.165, 1.54) is 0 Å². The van der Waals surface area contributed by atoms with Gasteiger partial charge in [0.05, 0.1) is 0 Å². The van der Waals surface area contributed by atoms with E-state index in [1.54, 1.807) is 0 Å². The molecule has 0 saturated carbocycles. The van der Waals surface area contributed by atoms with Crippen molar-refractivity contribution in [1.82, 2.24) is 0 Å². The summed E-state index contributed by atoms with van der Waals surface area (Å²) >= 11 is 5.96. The van der Waals surface area contributed by atoms with Crippen LogP contribution in [0.2, 0.25) is 5.02 Å². The van der Waals surface area contributed by atoms with E-state index in [9.17, 15) is 0 Å². The topological polar surface area (TPSA) is 15.6 Å². The normalized spacial score (nSPS) is 15.2. The summed E-state index contributed by atoms with van der Waals surface area (Å²) in [4.78, 5) is 6.95. The Morgan fingerprint density at radius 2 is 1.68 bits per heavy atom. The van der Waals surface area contributed by atoms with Crippen LogP contribution in [0.25, 0.3) is 0 Å². The lowest BCUT2D eigenvalue weighted by atomic mass is 10.1. The molecule has 1 heterocycles. The van der Waals surface area contributed by atoms with Crippen molar-refractivity contribution in [2.75, 3.05) is 18.0 Å². The Morgan fingerprint density at radius 1 is 0.947 bits per heavy atom. The van der Waals surface area contributed by atoms with Crippen molar-refractivity contribution in [3.05, 3.63) is 65.2 Å². The third kappa shape index (κ3) is 2.64. The number of amidine groups is 1. The van der Waals surface area contributed by atoms with Crippen molar-refractivity contribution in [3.63, 3.8) is 0 Å². The second-order valence-corrected chi connectivity index (χ2v) is 4.99. The second-order valence-electron chi connectivity index (χ2n) is 4.55. The molecule has 0 spiro atoms. The molecule has 0 radical (unpaired) electrons. The molecule has 0 atom stereocenters. The van der Waals surface area contributed by atoms with Crippen molar-refractivity contribution in [1.29, 1.82) is 0 Å². The van der Waals surface area contributed by atoms with E-state index >= 15 is 0 Å². The molecule has 0 fully saturated rings. The lowest BCUT2D eigenvalue weighted by molar-refractivity contribution is 0.790. The molecule has 96 valence electrons. The van der Waals surface area contributed by atoms with Crippen LogP contribution in [-0.4, -0.2) is 18.9 Å². The van der Waals surface area contributed by atoms with E-state index in [2.05, 4.69) is 22.0 Å². The number of rotatable bonds is 2. The third-order valence-corrected chi connectivity index (χ3v) is 3.48. The summed E-state index contributed by atoms with van der Waals surface area (Å²) in [7, 11) is 0. The monoisotopic (exact) mass is 270 g/mol. The summed E-state index contributed by atoms with van der Waals surface area (Å²) in [5.74, 6) is 1.05. The standard InChI is InChI=1S/C16H15ClN2/c17-14-7-9-15(10-8-14)19-12-4-11-18-16(19)13-5-2-1-3-6-13/h1-3,5-10H,4,11-12H2. The number of halogens is 1. The average molecular weight is 271 g/mol. The number of aliphatic imine (C=N–C) groups is 1. The lowest BCUT2D eigenvalue weighted by Gasteiger charge is -2.29. The van der Waals surface area contributed by atoms with Gasteiger partial charge in [0.25, 0.3) is 0 Å². The SMILES string of the molecule is Clc1ccc(N2CCCN=C2c2ccccc2)cc1. The molecule has 0 amide bonds. The Hall–Kier alpha value is -1.80. The zero-order chi connectivity index (χ0) is 13.1. The molecule has 0 bridgehead atoms. The summed E-state index contributed by atoms with van der Waals surface area (Å²) < 4.78 is 0. The van der Waals surface area contributed by atoms with Crippen LogP contribution in [0.15, 0.2) is 59.6 Å². The first kappa shape index (κ1) is 12.2. The first-order valence-corrected chi connectivity index (χ1v) is 6.85. The highest BCUT2D eigenvalue weighted by Gasteiger charge is 2.18. The molecule has 2 nitrogen and oxygen atoms in total. The minimum atomic E-state index is 0.763. The van der Waals surface area contributed by atoms with Crippen molar-refractivity contribution in [2.45, 2.75) is 6.42 Å². The molecule has 1 aliphatic heterocycles. The van der Waals surface area contributed by atoms with Gasteiger partial charge in [0.15, 0.2) is 0 Å². The van der Waals surface area contributed by atoms with E-state index in [0.717, 1.165) is 41.6 Å². The molecule has 3 heteroatoms. The molecule has 0 saturated heterocycles. The van der Waals surface area contributed by atoms with Crippen LogP contribution in [0.3, 0.4) is 0 Å². The van der Waals surface area contributed by atoms with E-state index in [4.69, 9.17) is 11.6 Å². The molecule has 0 N–H and O–H groups in total. The number of anilines is 1. The first-order valence-electron chi connectivity index (χ1n) is 6.47. The molecule has 0 unspecified atom stereocenters. The van der Waals surface area contributed by atoms with Crippen LogP contribution in [0, 0.1) is 0 Å². The van der Waals surface area contributed by atoms with Crippen LogP contribution in [0.1, 0.15) is 12.0 Å². The molecule has 3 rings (SSSR count). The second kappa shape index (κ2) is 5.45. The van der Waals surface area contributed by atoms with Gasteiger partial charge in [-0.15, -0.1) is 0 Å². The zero-order valence-electron chi connectivity index (χ0n) is 10.6. The molecule has 19 heavy (non-hydrogen) atoms. The molecule has 1 aliphatic rings. The fraction of sp³-hybridized carbons (Fsp3) is 0.188. The fourth-order valence-corrected chi connectivity index (χ4v) is 2.44. The summed E-state index contributed by atoms with van der Waals surface area (Å²) in [5, 5.41) is 0.763. The van der Waals surface area contributed by atoms with Gasteiger partial charge < -0.3 is 4.90 Å². The van der Waals surface area contributed by atoms with Crippen LogP contribution in [0.4, 0.5) is 5.69 Å². The summed E-state index contributed by atoms with van der Waals surface area (Å²) in [6.45, 7) is 1.89. The van der Waals surface area contributed by atoms with Gasteiger partial charge in [-0.2, -0.15) is 0 Å². The first-order chi connectivity index (χ1) is 9.34. The third-order valence-electron chi connectivity index (χ3n) is 3.23. The predicted molar refractivity (Wildman–Crippen MR) is 81.3 cm³/mol. The van der Waals surface area contributed by atoms with Crippen molar-refractivity contribution >= 4 is 23.1 Å². The van der Waals surface area contributed by atoms with Crippen molar-refractivity contribution in [3.8, 4) is 0 Å². The zero-order valence-corrected chi connectivity index (χ0v) is 11.3. The van der Waals surface area contributed by atoms with Crippen LogP contribution in [0.5, 0.6) is 0 Å². The van der Waals surface area contributed by atoms with Crippen LogP contribution in [-0.2, 0) is 0 Å². The highest BCUT2D eigenvalue weighted by Crippen LogP contribution is 2.22. The van der Waals surface area contributed by atoms with E-state index in [1.807, 2.05) is 42.5 Å². The lowest BCUT2D eigenvalue weighted by Crippen LogP contribution is -2.36. The van der Waals surface area contributed by atoms with Crippen molar-refractivity contribution < 1.29 is 0 Å². The number of hydrogen-bond donors (Lipinski definition) is 0. The summed E-state index contributed by atoms with van der Waals surface area (Å²) in [6, 6.07) is 18.3. The highest BCUT2D eigenvalue weighted by molar-refractivity contribution is 6.30. The highest BCUT2D eigenvalue weighted by atomic mass is 35.5. The molecule has 0 aromatic heterocycles. The molecule has 2 aromatic carbocycles. The van der Waals surface area contributed by atoms with Gasteiger partial charge in [0, 0.05) is 29.4 Å². The van der Waals surface area contributed by atoms with Gasteiger partial charge >= 0.3 is 0 Å². The molecule has 0 aliphatic carbocycles. The van der Waals surface area contributed by atoms with E-state index < -0.39 is 0 Å². The minimum absolute atomic E-state index is 0.763. The predicted octanol–water partition coefficient (Wildman–Crippen LogP) is 4.00. The average Bonchev–Trinajstić information content (AvgIpc) is 2.49. The molecular weight excluding hydrogens is 256 g/mol. The number of hydrogen-bond acceptors (Lipinski definition) is 2. The summed E-state index contributed by atoms with van der Waals surface area (Å²) in [6.07, 6.45) is 1.08. The smallest absolute Gasteiger partial charge is 0.135 e. The van der Waals surface area contributed by atoms with Gasteiger partial charge in [-0.3, -0.25) is 4.99 Å². The molecular formula is C16H15ClN2.